The van der Waals surface area contributed by atoms with Gasteiger partial charge in [0.2, 0.25) is 10.0 Å². The first-order chi connectivity index (χ1) is 11.3. The number of carbonyl (C=O) groups excluding carboxylic acids is 2. The fourth-order valence-corrected chi connectivity index (χ4v) is 2.98. The van der Waals surface area contributed by atoms with Crippen molar-refractivity contribution in [3.63, 3.8) is 0 Å². The van der Waals surface area contributed by atoms with E-state index in [9.17, 15) is 18.0 Å². The van der Waals surface area contributed by atoms with Crippen molar-refractivity contribution in [3.05, 3.63) is 29.8 Å². The minimum atomic E-state index is -3.66. The summed E-state index contributed by atoms with van der Waals surface area (Å²) in [7, 11) is -3.66. The molecule has 2 N–H and O–H groups in total. The zero-order valence-electron chi connectivity index (χ0n) is 13.7. The van der Waals surface area contributed by atoms with Crippen molar-refractivity contribution in [1.29, 1.82) is 0 Å². The second-order valence-electron chi connectivity index (χ2n) is 5.88. The quantitative estimate of drug-likeness (QED) is 0.675. The number of esters is 1. The average molecular weight is 354 g/mol. The fraction of sp³-hybridized carbons (Fsp3) is 0.500. The molecule has 0 heterocycles. The normalized spacial score (nSPS) is 15.6. The zero-order chi connectivity index (χ0) is 17.7. The van der Waals surface area contributed by atoms with E-state index in [1.54, 1.807) is 12.1 Å². The Hall–Kier alpha value is -1.93. The number of carbonyl (C=O) groups is 2. The molecule has 1 aromatic carbocycles. The van der Waals surface area contributed by atoms with Crippen molar-refractivity contribution in [2.24, 2.45) is 0 Å². The fourth-order valence-electron chi connectivity index (χ4n) is 1.94. The second-order valence-corrected chi connectivity index (χ2v) is 7.64. The average Bonchev–Trinajstić information content (AvgIpc) is 3.31. The summed E-state index contributed by atoms with van der Waals surface area (Å²) in [4.78, 5) is 23.5. The van der Waals surface area contributed by atoms with Crippen molar-refractivity contribution in [3.8, 4) is 0 Å². The van der Waals surface area contributed by atoms with Gasteiger partial charge in [0.25, 0.3) is 5.91 Å². The van der Waals surface area contributed by atoms with E-state index in [0.717, 1.165) is 18.4 Å². The summed E-state index contributed by atoms with van der Waals surface area (Å²) < 4.78 is 31.4. The summed E-state index contributed by atoms with van der Waals surface area (Å²) >= 11 is 0. The van der Waals surface area contributed by atoms with Crippen LogP contribution in [0.4, 0.5) is 0 Å². The lowest BCUT2D eigenvalue weighted by atomic mass is 10.2. The highest BCUT2D eigenvalue weighted by atomic mass is 32.2. The van der Waals surface area contributed by atoms with Crippen LogP contribution in [0.1, 0.15) is 31.7 Å². The molecular formula is C16H22N2O5S. The molecule has 2 rings (SSSR count). The third kappa shape index (κ3) is 5.61. The Balaban J connectivity index is 1.75. The van der Waals surface area contributed by atoms with Gasteiger partial charge in [0.15, 0.2) is 6.10 Å². The number of aryl methyl sites for hydroxylation is 1. The molecule has 8 heteroatoms. The Bertz CT molecular complexity index is 696. The number of ether oxygens (including phenoxy) is 1. The number of nitrogens with one attached hydrogen (secondary N) is 2. The molecule has 24 heavy (non-hydrogen) atoms. The molecule has 1 atom stereocenters. The number of amides is 1. The molecule has 0 aliphatic heterocycles. The van der Waals surface area contributed by atoms with Crippen LogP contribution in [0, 0.1) is 6.92 Å². The first-order valence-corrected chi connectivity index (χ1v) is 9.32. The molecule has 1 aromatic rings. The Labute approximate surface area is 141 Å². The van der Waals surface area contributed by atoms with Gasteiger partial charge in [-0.15, -0.1) is 0 Å². The van der Waals surface area contributed by atoms with E-state index in [2.05, 4.69) is 10.0 Å². The van der Waals surface area contributed by atoms with Gasteiger partial charge in [0.1, 0.15) is 0 Å². The number of benzene rings is 1. The van der Waals surface area contributed by atoms with Gasteiger partial charge in [-0.1, -0.05) is 17.7 Å². The highest BCUT2D eigenvalue weighted by molar-refractivity contribution is 7.89. The smallest absolute Gasteiger partial charge is 0.307 e. The Morgan fingerprint density at radius 2 is 1.88 bits per heavy atom. The molecule has 7 nitrogen and oxygen atoms in total. The molecule has 1 amide bonds. The van der Waals surface area contributed by atoms with Crippen LogP contribution in [0.2, 0.25) is 0 Å². The minimum absolute atomic E-state index is 0.0913. The van der Waals surface area contributed by atoms with Crippen molar-refractivity contribution >= 4 is 21.9 Å². The van der Waals surface area contributed by atoms with Crippen LogP contribution in [-0.2, 0) is 24.3 Å². The molecule has 0 saturated heterocycles. The third-order valence-electron chi connectivity index (χ3n) is 3.55. The lowest BCUT2D eigenvalue weighted by Crippen LogP contribution is -2.37. The van der Waals surface area contributed by atoms with Gasteiger partial charge in [0.05, 0.1) is 11.3 Å². The second kappa shape index (κ2) is 7.76. The lowest BCUT2D eigenvalue weighted by Gasteiger charge is -2.13. The monoisotopic (exact) mass is 354 g/mol. The summed E-state index contributed by atoms with van der Waals surface area (Å²) in [5.41, 5.74) is 0.955. The van der Waals surface area contributed by atoms with Gasteiger partial charge in [0, 0.05) is 12.6 Å². The van der Waals surface area contributed by atoms with Gasteiger partial charge in [-0.2, -0.15) is 0 Å². The van der Waals surface area contributed by atoms with Crippen LogP contribution in [0.3, 0.4) is 0 Å². The van der Waals surface area contributed by atoms with E-state index in [4.69, 9.17) is 4.74 Å². The molecule has 1 fully saturated rings. The predicted molar refractivity (Wildman–Crippen MR) is 87.7 cm³/mol. The van der Waals surface area contributed by atoms with Crippen molar-refractivity contribution < 1.29 is 22.7 Å². The van der Waals surface area contributed by atoms with Crippen LogP contribution in [-0.4, -0.2) is 39.0 Å². The molecule has 1 aliphatic carbocycles. The van der Waals surface area contributed by atoms with E-state index < -0.39 is 22.1 Å². The Kier molecular flexibility index (Phi) is 5.95. The van der Waals surface area contributed by atoms with E-state index in [0.29, 0.717) is 0 Å². The summed E-state index contributed by atoms with van der Waals surface area (Å²) in [6, 6.07) is 6.59. The standard InChI is InChI=1S/C16H22N2O5S/c1-11-3-7-14(8-4-11)24(21,22)17-10-9-15(19)23-12(2)16(20)18-13-5-6-13/h3-4,7-8,12-13,17H,5-6,9-10H2,1-2H3,(H,18,20)/t12-/m0/s1. The maximum absolute atomic E-state index is 12.1. The highest BCUT2D eigenvalue weighted by Crippen LogP contribution is 2.18. The summed E-state index contributed by atoms with van der Waals surface area (Å²) in [5.74, 6) is -0.953. The molecule has 0 radical (unpaired) electrons. The van der Waals surface area contributed by atoms with E-state index in [1.165, 1.54) is 19.1 Å². The summed E-state index contributed by atoms with van der Waals surface area (Å²) in [5, 5.41) is 2.74. The van der Waals surface area contributed by atoms with Crippen LogP contribution >= 0.6 is 0 Å². The molecule has 132 valence electrons. The SMILES string of the molecule is Cc1ccc(S(=O)(=O)NCCC(=O)O[C@@H](C)C(=O)NC2CC2)cc1. The zero-order valence-corrected chi connectivity index (χ0v) is 14.6. The molecular weight excluding hydrogens is 332 g/mol. The van der Waals surface area contributed by atoms with Gasteiger partial charge in [-0.05, 0) is 38.8 Å². The van der Waals surface area contributed by atoms with Gasteiger partial charge < -0.3 is 10.1 Å². The van der Waals surface area contributed by atoms with E-state index >= 15 is 0 Å². The topological polar surface area (TPSA) is 102 Å². The minimum Gasteiger partial charge on any atom is -0.453 e. The van der Waals surface area contributed by atoms with Gasteiger partial charge in [-0.25, -0.2) is 13.1 Å². The first-order valence-electron chi connectivity index (χ1n) is 7.84. The van der Waals surface area contributed by atoms with Crippen molar-refractivity contribution in [1.82, 2.24) is 10.0 Å². The molecule has 0 aromatic heterocycles. The summed E-state index contributed by atoms with van der Waals surface area (Å²) in [6.07, 6.45) is 0.874. The number of rotatable bonds is 8. The first kappa shape index (κ1) is 18.4. The Morgan fingerprint density at radius 3 is 2.46 bits per heavy atom. The van der Waals surface area contributed by atoms with Crippen LogP contribution in [0.25, 0.3) is 0 Å². The van der Waals surface area contributed by atoms with Crippen molar-refractivity contribution in [2.75, 3.05) is 6.54 Å². The number of sulfonamides is 1. The molecule has 0 unspecified atom stereocenters. The summed E-state index contributed by atoms with van der Waals surface area (Å²) in [6.45, 7) is 3.26. The third-order valence-corrected chi connectivity index (χ3v) is 5.03. The van der Waals surface area contributed by atoms with Crippen molar-refractivity contribution in [2.45, 2.75) is 50.2 Å². The van der Waals surface area contributed by atoms with Crippen LogP contribution in [0.5, 0.6) is 0 Å². The van der Waals surface area contributed by atoms with E-state index in [1.807, 2.05) is 6.92 Å². The molecule has 0 bridgehead atoms. The van der Waals surface area contributed by atoms with E-state index in [-0.39, 0.29) is 29.8 Å². The van der Waals surface area contributed by atoms with Gasteiger partial charge >= 0.3 is 5.97 Å². The highest BCUT2D eigenvalue weighted by Gasteiger charge is 2.27. The number of hydrogen-bond donors (Lipinski definition) is 2. The largest absolute Gasteiger partial charge is 0.453 e. The lowest BCUT2D eigenvalue weighted by molar-refractivity contribution is -0.154. The number of hydrogen-bond acceptors (Lipinski definition) is 5. The molecule has 1 saturated carbocycles. The van der Waals surface area contributed by atoms with Crippen LogP contribution in [0.15, 0.2) is 29.2 Å². The predicted octanol–water partition coefficient (Wildman–Crippen LogP) is 0.874. The maximum Gasteiger partial charge on any atom is 0.307 e. The maximum atomic E-state index is 12.1. The molecule has 1 aliphatic rings. The van der Waals surface area contributed by atoms with Gasteiger partial charge in [-0.3, -0.25) is 9.59 Å². The van der Waals surface area contributed by atoms with Crippen LogP contribution < -0.4 is 10.0 Å². The Morgan fingerprint density at radius 1 is 1.25 bits per heavy atom. The molecule has 0 spiro atoms.